The molecule has 35 heavy (non-hydrogen) atoms. The van der Waals surface area contributed by atoms with Gasteiger partial charge < -0.3 is 25.6 Å². The minimum atomic E-state index is -0.865. The van der Waals surface area contributed by atoms with Crippen LogP contribution in [0.25, 0.3) is 22.0 Å². The third-order valence-corrected chi connectivity index (χ3v) is 6.66. The third kappa shape index (κ3) is 5.21. The Balaban J connectivity index is 1.42. The van der Waals surface area contributed by atoms with Gasteiger partial charge in [0, 0.05) is 80.4 Å². The summed E-state index contributed by atoms with van der Waals surface area (Å²) >= 11 is 0. The van der Waals surface area contributed by atoms with Crippen LogP contribution in [-0.2, 0) is 9.53 Å². The molecular formula is C26H33N7O2. The summed E-state index contributed by atoms with van der Waals surface area (Å²) in [6.45, 7) is 7.70. The van der Waals surface area contributed by atoms with E-state index in [9.17, 15) is 4.79 Å². The highest BCUT2D eigenvalue weighted by Gasteiger charge is 2.31. The van der Waals surface area contributed by atoms with Gasteiger partial charge in [0.05, 0.1) is 11.2 Å². The number of hydrogen-bond acceptors (Lipinski definition) is 8. The van der Waals surface area contributed by atoms with E-state index in [1.165, 1.54) is 0 Å². The van der Waals surface area contributed by atoms with Crippen LogP contribution in [-0.4, -0.2) is 76.7 Å². The molecule has 0 aliphatic carbocycles. The first-order valence-corrected chi connectivity index (χ1v) is 12.3. The zero-order chi connectivity index (χ0) is 24.4. The van der Waals surface area contributed by atoms with Crippen LogP contribution in [0.1, 0.15) is 26.7 Å². The van der Waals surface area contributed by atoms with Crippen molar-refractivity contribution in [2.24, 2.45) is 5.73 Å². The Kier molecular flexibility index (Phi) is 6.53. The molecule has 2 aliphatic heterocycles. The highest BCUT2D eigenvalue weighted by atomic mass is 16.5. The molecule has 0 bridgehead atoms. The quantitative estimate of drug-likeness (QED) is 0.580. The SMILES string of the molecule is CC(C)(N)C(=O)N1CCN(c2nc(-c3ccnc(NC4CCOCC4)c3)cc3cnccc23)CC1. The van der Waals surface area contributed by atoms with Gasteiger partial charge in [-0.3, -0.25) is 9.78 Å². The molecule has 184 valence electrons. The number of rotatable bonds is 5. The smallest absolute Gasteiger partial charge is 0.242 e. The predicted molar refractivity (Wildman–Crippen MR) is 137 cm³/mol. The lowest BCUT2D eigenvalue weighted by Gasteiger charge is -2.38. The maximum Gasteiger partial charge on any atom is 0.242 e. The largest absolute Gasteiger partial charge is 0.381 e. The van der Waals surface area contributed by atoms with Crippen molar-refractivity contribution in [1.82, 2.24) is 19.9 Å². The number of nitrogens with two attached hydrogens (primary N) is 1. The Labute approximate surface area is 205 Å². The van der Waals surface area contributed by atoms with Gasteiger partial charge in [0.25, 0.3) is 0 Å². The van der Waals surface area contributed by atoms with Crippen LogP contribution < -0.4 is 16.0 Å². The van der Waals surface area contributed by atoms with Gasteiger partial charge in [-0.1, -0.05) is 0 Å². The Bertz CT molecular complexity index is 1200. The average molecular weight is 476 g/mol. The number of ether oxygens (including phenoxy) is 1. The second kappa shape index (κ2) is 9.75. The molecule has 3 aromatic rings. The zero-order valence-corrected chi connectivity index (χ0v) is 20.4. The Morgan fingerprint density at radius 3 is 2.63 bits per heavy atom. The molecule has 3 aromatic heterocycles. The van der Waals surface area contributed by atoms with E-state index in [2.05, 4.69) is 32.3 Å². The van der Waals surface area contributed by atoms with Gasteiger partial charge in [0.2, 0.25) is 5.91 Å². The minimum Gasteiger partial charge on any atom is -0.381 e. The van der Waals surface area contributed by atoms with Crippen LogP contribution in [0.3, 0.4) is 0 Å². The standard InChI is InChI=1S/C26H33N7O2/c1-26(2,27)25(34)33-11-9-32(10-12-33)24-21-4-7-28-17-19(21)15-22(31-24)18-3-8-29-23(16-18)30-20-5-13-35-14-6-20/h3-4,7-8,15-17,20H,5-6,9-14,27H2,1-2H3,(H,29,30). The number of aromatic nitrogens is 3. The van der Waals surface area contributed by atoms with Crippen LogP contribution in [0.15, 0.2) is 42.9 Å². The van der Waals surface area contributed by atoms with Crippen LogP contribution in [0.2, 0.25) is 0 Å². The number of anilines is 2. The highest BCUT2D eigenvalue weighted by molar-refractivity contribution is 5.94. The molecule has 2 saturated heterocycles. The van der Waals surface area contributed by atoms with Gasteiger partial charge in [-0.25, -0.2) is 9.97 Å². The summed E-state index contributed by atoms with van der Waals surface area (Å²) in [4.78, 5) is 30.7. The molecule has 0 unspecified atom stereocenters. The van der Waals surface area contributed by atoms with Crippen molar-refractivity contribution in [3.05, 3.63) is 42.9 Å². The van der Waals surface area contributed by atoms with Crippen molar-refractivity contribution >= 4 is 28.3 Å². The third-order valence-electron chi connectivity index (χ3n) is 6.66. The summed E-state index contributed by atoms with van der Waals surface area (Å²) < 4.78 is 5.47. The first-order chi connectivity index (χ1) is 16.9. The Hall–Kier alpha value is -3.30. The van der Waals surface area contributed by atoms with E-state index in [1.54, 1.807) is 20.0 Å². The molecule has 0 aromatic carbocycles. The number of nitrogens with zero attached hydrogens (tertiary/aromatic N) is 5. The number of piperazine rings is 1. The molecule has 0 radical (unpaired) electrons. The molecule has 5 heterocycles. The number of carbonyl (C=O) groups excluding carboxylic acids is 1. The molecule has 0 atom stereocenters. The predicted octanol–water partition coefficient (Wildman–Crippen LogP) is 2.67. The van der Waals surface area contributed by atoms with Crippen LogP contribution in [0.5, 0.6) is 0 Å². The van der Waals surface area contributed by atoms with Crippen molar-refractivity contribution in [3.8, 4) is 11.3 Å². The van der Waals surface area contributed by atoms with Gasteiger partial charge >= 0.3 is 0 Å². The lowest BCUT2D eigenvalue weighted by Crippen LogP contribution is -2.57. The lowest BCUT2D eigenvalue weighted by molar-refractivity contribution is -0.136. The average Bonchev–Trinajstić information content (AvgIpc) is 2.88. The molecule has 0 spiro atoms. The summed E-state index contributed by atoms with van der Waals surface area (Å²) in [7, 11) is 0. The van der Waals surface area contributed by atoms with Gasteiger partial charge in [-0.2, -0.15) is 0 Å². The minimum absolute atomic E-state index is 0.0192. The molecule has 5 rings (SSSR count). The van der Waals surface area contributed by atoms with Crippen LogP contribution in [0.4, 0.5) is 11.6 Å². The monoisotopic (exact) mass is 475 g/mol. The molecule has 1 amide bonds. The number of carbonyl (C=O) groups is 1. The molecule has 2 aliphatic rings. The normalized spacial score (nSPS) is 17.6. The maximum absolute atomic E-state index is 12.6. The number of nitrogens with one attached hydrogen (secondary N) is 1. The summed E-state index contributed by atoms with van der Waals surface area (Å²) in [6, 6.07) is 8.50. The van der Waals surface area contributed by atoms with Gasteiger partial charge in [-0.05, 0) is 51.0 Å². The topological polar surface area (TPSA) is 110 Å². The van der Waals surface area contributed by atoms with E-state index in [0.29, 0.717) is 32.2 Å². The van der Waals surface area contributed by atoms with Crippen LogP contribution in [0, 0.1) is 0 Å². The molecule has 3 N–H and O–H groups in total. The first kappa shape index (κ1) is 23.4. The van der Waals surface area contributed by atoms with Crippen molar-refractivity contribution in [2.75, 3.05) is 49.6 Å². The Morgan fingerprint density at radius 1 is 1.11 bits per heavy atom. The van der Waals surface area contributed by atoms with Gasteiger partial charge in [-0.15, -0.1) is 0 Å². The maximum atomic E-state index is 12.6. The van der Waals surface area contributed by atoms with E-state index in [-0.39, 0.29) is 5.91 Å². The summed E-state index contributed by atoms with van der Waals surface area (Å²) in [5, 5.41) is 5.63. The van der Waals surface area contributed by atoms with Crippen LogP contribution >= 0.6 is 0 Å². The van der Waals surface area contributed by atoms with E-state index >= 15 is 0 Å². The Morgan fingerprint density at radius 2 is 1.89 bits per heavy atom. The van der Waals surface area contributed by atoms with Crippen molar-refractivity contribution in [2.45, 2.75) is 38.3 Å². The number of hydrogen-bond donors (Lipinski definition) is 2. The van der Waals surface area contributed by atoms with E-state index in [4.69, 9.17) is 15.5 Å². The van der Waals surface area contributed by atoms with Gasteiger partial charge in [0.1, 0.15) is 11.6 Å². The molecule has 9 heteroatoms. The van der Waals surface area contributed by atoms with Crippen molar-refractivity contribution in [3.63, 3.8) is 0 Å². The summed E-state index contributed by atoms with van der Waals surface area (Å²) in [5.41, 5.74) is 7.06. The summed E-state index contributed by atoms with van der Waals surface area (Å²) in [6.07, 6.45) is 7.46. The molecular weight excluding hydrogens is 442 g/mol. The molecule has 0 saturated carbocycles. The number of fused-ring (bicyclic) bond motifs is 1. The first-order valence-electron chi connectivity index (χ1n) is 12.3. The van der Waals surface area contributed by atoms with E-state index in [0.717, 1.165) is 59.7 Å². The van der Waals surface area contributed by atoms with E-state index in [1.807, 2.05) is 29.4 Å². The van der Waals surface area contributed by atoms with E-state index < -0.39 is 5.54 Å². The highest BCUT2D eigenvalue weighted by Crippen LogP contribution is 2.31. The second-order valence-corrected chi connectivity index (χ2v) is 9.89. The number of amides is 1. The number of pyridine rings is 3. The van der Waals surface area contributed by atoms with Crippen molar-refractivity contribution < 1.29 is 9.53 Å². The fraction of sp³-hybridized carbons (Fsp3) is 0.462. The summed E-state index contributed by atoms with van der Waals surface area (Å²) in [5.74, 6) is 1.74. The zero-order valence-electron chi connectivity index (χ0n) is 20.4. The fourth-order valence-corrected chi connectivity index (χ4v) is 4.72. The fourth-order valence-electron chi connectivity index (χ4n) is 4.72. The molecule has 9 nitrogen and oxygen atoms in total. The second-order valence-electron chi connectivity index (χ2n) is 9.89. The van der Waals surface area contributed by atoms with Gasteiger partial charge in [0.15, 0.2) is 0 Å². The molecule has 2 fully saturated rings. The lowest BCUT2D eigenvalue weighted by atomic mass is 10.0. The van der Waals surface area contributed by atoms with Crippen molar-refractivity contribution in [1.29, 1.82) is 0 Å².